The number of hydrogen-bond acceptors (Lipinski definition) is 3. The summed E-state index contributed by atoms with van der Waals surface area (Å²) in [6.07, 6.45) is 0.772. The van der Waals surface area contributed by atoms with Crippen molar-refractivity contribution in [2.24, 2.45) is 7.05 Å². The summed E-state index contributed by atoms with van der Waals surface area (Å²) in [5, 5.41) is 14.1. The number of ether oxygens (including phenoxy) is 1. The van der Waals surface area contributed by atoms with Crippen LogP contribution in [-0.4, -0.2) is 9.78 Å². The van der Waals surface area contributed by atoms with Crippen molar-refractivity contribution in [3.63, 3.8) is 0 Å². The third-order valence-corrected chi connectivity index (χ3v) is 3.86. The van der Waals surface area contributed by atoms with E-state index in [1.807, 2.05) is 20.0 Å². The van der Waals surface area contributed by atoms with Gasteiger partial charge in [-0.15, -0.1) is 0 Å². The van der Waals surface area contributed by atoms with Crippen LogP contribution in [0.15, 0.2) is 22.7 Å². The fourth-order valence-corrected chi connectivity index (χ4v) is 2.55. The molecule has 0 saturated carbocycles. The molecule has 0 aliphatic carbocycles. The van der Waals surface area contributed by atoms with Gasteiger partial charge in [0.1, 0.15) is 18.4 Å². The average Bonchev–Trinajstić information content (AvgIpc) is 2.72. The van der Waals surface area contributed by atoms with Gasteiger partial charge in [-0.25, -0.2) is 0 Å². The Labute approximate surface area is 131 Å². The first-order valence-electron chi connectivity index (χ1n) is 6.09. The van der Waals surface area contributed by atoms with Crippen molar-refractivity contribution >= 4 is 27.5 Å². The van der Waals surface area contributed by atoms with E-state index in [9.17, 15) is 0 Å². The molecule has 2 rings (SSSR count). The fourth-order valence-electron chi connectivity index (χ4n) is 1.84. The Balaban J connectivity index is 2.22. The molecule has 0 fully saturated rings. The standard InChI is InChI=1S/C14H13BrClN3O/c1-3-11-14(16)12(19(2)18-11)8-20-13-5-4-10(15)6-9(13)7-17/h4-6H,3,8H2,1-2H3. The van der Waals surface area contributed by atoms with Gasteiger partial charge in [0.15, 0.2) is 0 Å². The smallest absolute Gasteiger partial charge is 0.137 e. The molecule has 0 spiro atoms. The van der Waals surface area contributed by atoms with E-state index < -0.39 is 0 Å². The van der Waals surface area contributed by atoms with Crippen LogP contribution in [0.4, 0.5) is 0 Å². The van der Waals surface area contributed by atoms with E-state index in [-0.39, 0.29) is 6.61 Å². The lowest BCUT2D eigenvalue weighted by molar-refractivity contribution is 0.294. The van der Waals surface area contributed by atoms with Crippen molar-refractivity contribution in [3.8, 4) is 11.8 Å². The molecule has 0 radical (unpaired) electrons. The topological polar surface area (TPSA) is 50.8 Å². The number of aromatic nitrogens is 2. The molecule has 0 amide bonds. The van der Waals surface area contributed by atoms with E-state index in [2.05, 4.69) is 27.1 Å². The zero-order chi connectivity index (χ0) is 14.7. The Morgan fingerprint density at radius 3 is 2.85 bits per heavy atom. The number of halogens is 2. The summed E-state index contributed by atoms with van der Waals surface area (Å²) in [6, 6.07) is 7.42. The lowest BCUT2D eigenvalue weighted by atomic mass is 10.2. The van der Waals surface area contributed by atoms with E-state index in [0.29, 0.717) is 16.3 Å². The van der Waals surface area contributed by atoms with Gasteiger partial charge in [-0.2, -0.15) is 10.4 Å². The first-order valence-corrected chi connectivity index (χ1v) is 7.26. The van der Waals surface area contributed by atoms with Gasteiger partial charge in [-0.3, -0.25) is 4.68 Å². The van der Waals surface area contributed by atoms with Crippen LogP contribution in [0, 0.1) is 11.3 Å². The Bertz CT molecular complexity index is 676. The van der Waals surface area contributed by atoms with Crippen molar-refractivity contribution in [2.45, 2.75) is 20.0 Å². The van der Waals surface area contributed by atoms with Gasteiger partial charge < -0.3 is 4.74 Å². The highest BCUT2D eigenvalue weighted by Gasteiger charge is 2.14. The molecule has 1 aromatic heterocycles. The molecule has 0 bridgehead atoms. The van der Waals surface area contributed by atoms with Gasteiger partial charge in [0.25, 0.3) is 0 Å². The summed E-state index contributed by atoms with van der Waals surface area (Å²) >= 11 is 9.59. The van der Waals surface area contributed by atoms with Crippen LogP contribution in [0.2, 0.25) is 5.02 Å². The molecule has 0 unspecified atom stereocenters. The predicted octanol–water partition coefficient (Wildman–Crippen LogP) is 3.85. The molecule has 104 valence electrons. The summed E-state index contributed by atoms with van der Waals surface area (Å²) in [5.74, 6) is 0.533. The molecule has 20 heavy (non-hydrogen) atoms. The van der Waals surface area contributed by atoms with E-state index in [1.165, 1.54) is 0 Å². The molecule has 0 aliphatic heterocycles. The summed E-state index contributed by atoms with van der Waals surface area (Å²) in [4.78, 5) is 0. The maximum atomic E-state index is 9.10. The normalized spacial score (nSPS) is 10.3. The maximum Gasteiger partial charge on any atom is 0.137 e. The second-order valence-electron chi connectivity index (χ2n) is 4.23. The van der Waals surface area contributed by atoms with Gasteiger partial charge >= 0.3 is 0 Å². The van der Waals surface area contributed by atoms with Gasteiger partial charge in [-0.05, 0) is 24.6 Å². The molecule has 4 nitrogen and oxygen atoms in total. The van der Waals surface area contributed by atoms with Crippen LogP contribution < -0.4 is 4.74 Å². The number of nitriles is 1. The average molecular weight is 355 g/mol. The van der Waals surface area contributed by atoms with Crippen molar-refractivity contribution in [1.82, 2.24) is 9.78 Å². The lowest BCUT2D eigenvalue weighted by Gasteiger charge is -2.08. The van der Waals surface area contributed by atoms with Crippen LogP contribution in [0.3, 0.4) is 0 Å². The van der Waals surface area contributed by atoms with Gasteiger partial charge in [-0.1, -0.05) is 34.5 Å². The number of nitrogens with zero attached hydrogens (tertiary/aromatic N) is 3. The number of hydrogen-bond donors (Lipinski definition) is 0. The van der Waals surface area contributed by atoms with Crippen molar-refractivity contribution < 1.29 is 4.74 Å². The van der Waals surface area contributed by atoms with Crippen LogP contribution in [-0.2, 0) is 20.1 Å². The predicted molar refractivity (Wildman–Crippen MR) is 80.8 cm³/mol. The monoisotopic (exact) mass is 353 g/mol. The molecule has 0 saturated heterocycles. The van der Waals surface area contributed by atoms with E-state index in [1.54, 1.807) is 16.8 Å². The Morgan fingerprint density at radius 2 is 2.25 bits per heavy atom. The van der Waals surface area contributed by atoms with Crippen LogP contribution in [0.25, 0.3) is 0 Å². The molecule has 1 heterocycles. The molecule has 6 heteroatoms. The van der Waals surface area contributed by atoms with Gasteiger partial charge in [0.2, 0.25) is 0 Å². The highest BCUT2D eigenvalue weighted by Crippen LogP contribution is 2.26. The van der Waals surface area contributed by atoms with E-state index >= 15 is 0 Å². The van der Waals surface area contributed by atoms with E-state index in [4.69, 9.17) is 21.6 Å². The largest absolute Gasteiger partial charge is 0.486 e. The number of rotatable bonds is 4. The summed E-state index contributed by atoms with van der Waals surface area (Å²) in [6.45, 7) is 2.28. The molecule has 0 atom stereocenters. The summed E-state index contributed by atoms with van der Waals surface area (Å²) in [7, 11) is 1.83. The highest BCUT2D eigenvalue weighted by atomic mass is 79.9. The zero-order valence-corrected chi connectivity index (χ0v) is 13.5. The van der Waals surface area contributed by atoms with Gasteiger partial charge in [0.05, 0.1) is 22.0 Å². The highest BCUT2D eigenvalue weighted by molar-refractivity contribution is 9.10. The molecular formula is C14H13BrClN3O. The van der Waals surface area contributed by atoms with Crippen molar-refractivity contribution in [1.29, 1.82) is 5.26 Å². The molecule has 0 aliphatic rings. The molecule has 0 N–H and O–H groups in total. The molecule has 2 aromatic rings. The minimum Gasteiger partial charge on any atom is -0.486 e. The number of aryl methyl sites for hydroxylation is 2. The van der Waals surface area contributed by atoms with Crippen LogP contribution in [0.1, 0.15) is 23.9 Å². The Kier molecular flexibility index (Phi) is 4.69. The van der Waals surface area contributed by atoms with Gasteiger partial charge in [0, 0.05) is 11.5 Å². The summed E-state index contributed by atoms with van der Waals surface area (Å²) < 4.78 is 8.26. The number of benzene rings is 1. The first kappa shape index (κ1) is 14.9. The van der Waals surface area contributed by atoms with E-state index in [0.717, 1.165) is 22.3 Å². The van der Waals surface area contributed by atoms with Crippen LogP contribution in [0.5, 0.6) is 5.75 Å². The zero-order valence-electron chi connectivity index (χ0n) is 11.2. The second kappa shape index (κ2) is 6.29. The van der Waals surface area contributed by atoms with Crippen molar-refractivity contribution in [2.75, 3.05) is 0 Å². The Morgan fingerprint density at radius 1 is 1.50 bits per heavy atom. The quantitative estimate of drug-likeness (QED) is 0.838. The molecular weight excluding hydrogens is 342 g/mol. The Hall–Kier alpha value is -1.51. The van der Waals surface area contributed by atoms with Crippen molar-refractivity contribution in [3.05, 3.63) is 44.6 Å². The molecule has 1 aromatic carbocycles. The maximum absolute atomic E-state index is 9.10. The third-order valence-electron chi connectivity index (χ3n) is 2.93. The summed E-state index contributed by atoms with van der Waals surface area (Å²) in [5.41, 5.74) is 2.13. The fraction of sp³-hybridized carbons (Fsp3) is 0.286. The minimum absolute atomic E-state index is 0.276. The van der Waals surface area contributed by atoms with Crippen LogP contribution >= 0.6 is 27.5 Å². The third kappa shape index (κ3) is 2.97. The second-order valence-corrected chi connectivity index (χ2v) is 5.52. The SMILES string of the molecule is CCc1nn(C)c(COc2ccc(Br)cc2C#N)c1Cl. The first-order chi connectivity index (χ1) is 9.56. The lowest BCUT2D eigenvalue weighted by Crippen LogP contribution is -2.04. The minimum atomic E-state index is 0.276.